The van der Waals surface area contributed by atoms with E-state index in [2.05, 4.69) is 19.2 Å². The van der Waals surface area contributed by atoms with Crippen molar-refractivity contribution in [3.63, 3.8) is 0 Å². The molecule has 0 fully saturated rings. The average Bonchev–Trinajstić information content (AvgIpc) is 2.45. The Balaban J connectivity index is 2.79. The van der Waals surface area contributed by atoms with E-state index in [1.807, 2.05) is 6.92 Å². The number of ether oxygens (including phenoxy) is 2. The summed E-state index contributed by atoms with van der Waals surface area (Å²) in [5.41, 5.74) is 0.552. The SMILES string of the molecule is COc1ccc(OC)c(C(=O)C(C)NCCC(C)C)c1. The average molecular weight is 279 g/mol. The molecule has 1 aromatic rings. The second-order valence-corrected chi connectivity index (χ2v) is 5.29. The lowest BCUT2D eigenvalue weighted by Crippen LogP contribution is -2.35. The van der Waals surface area contributed by atoms with E-state index in [4.69, 9.17) is 9.47 Å². The monoisotopic (exact) mass is 279 g/mol. The third kappa shape index (κ3) is 4.53. The lowest BCUT2D eigenvalue weighted by Gasteiger charge is -2.16. The van der Waals surface area contributed by atoms with E-state index in [9.17, 15) is 4.79 Å². The topological polar surface area (TPSA) is 47.6 Å². The number of benzene rings is 1. The highest BCUT2D eigenvalue weighted by molar-refractivity contribution is 6.02. The molecule has 0 aliphatic carbocycles. The van der Waals surface area contributed by atoms with Crippen LogP contribution in [0, 0.1) is 5.92 Å². The maximum absolute atomic E-state index is 12.5. The molecule has 0 spiro atoms. The van der Waals surface area contributed by atoms with Crippen molar-refractivity contribution in [2.45, 2.75) is 33.2 Å². The number of ketones is 1. The van der Waals surface area contributed by atoms with E-state index in [1.54, 1.807) is 32.4 Å². The third-order valence-electron chi connectivity index (χ3n) is 3.24. The van der Waals surface area contributed by atoms with Crippen LogP contribution in [0.5, 0.6) is 11.5 Å². The summed E-state index contributed by atoms with van der Waals surface area (Å²) in [6.07, 6.45) is 1.05. The molecule has 1 N–H and O–H groups in total. The summed E-state index contributed by atoms with van der Waals surface area (Å²) in [6.45, 7) is 7.04. The highest BCUT2D eigenvalue weighted by Crippen LogP contribution is 2.25. The summed E-state index contributed by atoms with van der Waals surface area (Å²) < 4.78 is 10.4. The minimum atomic E-state index is -0.241. The van der Waals surface area contributed by atoms with Crippen molar-refractivity contribution in [2.75, 3.05) is 20.8 Å². The van der Waals surface area contributed by atoms with Crippen LogP contribution in [0.4, 0.5) is 0 Å². The number of methoxy groups -OCH3 is 2. The summed E-state index contributed by atoms with van der Waals surface area (Å²) >= 11 is 0. The predicted octanol–water partition coefficient (Wildman–Crippen LogP) is 2.91. The van der Waals surface area contributed by atoms with Crippen LogP contribution >= 0.6 is 0 Å². The van der Waals surface area contributed by atoms with Gasteiger partial charge in [0.1, 0.15) is 11.5 Å². The van der Waals surface area contributed by atoms with Crippen molar-refractivity contribution >= 4 is 5.78 Å². The van der Waals surface area contributed by atoms with Gasteiger partial charge in [-0.3, -0.25) is 4.79 Å². The number of hydrogen-bond donors (Lipinski definition) is 1. The molecule has 1 atom stereocenters. The van der Waals surface area contributed by atoms with Gasteiger partial charge in [-0.1, -0.05) is 13.8 Å². The number of carbonyl (C=O) groups excluding carboxylic acids is 1. The quantitative estimate of drug-likeness (QED) is 0.743. The van der Waals surface area contributed by atoms with Crippen LogP contribution in [0.1, 0.15) is 37.6 Å². The smallest absolute Gasteiger partial charge is 0.183 e. The molecule has 112 valence electrons. The van der Waals surface area contributed by atoms with Crippen LogP contribution in [0.25, 0.3) is 0 Å². The van der Waals surface area contributed by atoms with E-state index in [1.165, 1.54) is 0 Å². The van der Waals surface area contributed by atoms with Gasteiger partial charge < -0.3 is 14.8 Å². The van der Waals surface area contributed by atoms with Crippen molar-refractivity contribution in [2.24, 2.45) is 5.92 Å². The van der Waals surface area contributed by atoms with Gasteiger partial charge in [0.05, 0.1) is 25.8 Å². The van der Waals surface area contributed by atoms with Crippen molar-refractivity contribution in [3.05, 3.63) is 23.8 Å². The van der Waals surface area contributed by atoms with Crippen molar-refractivity contribution < 1.29 is 14.3 Å². The number of hydrogen-bond acceptors (Lipinski definition) is 4. The molecule has 20 heavy (non-hydrogen) atoms. The molecule has 0 saturated heterocycles. The fourth-order valence-electron chi connectivity index (χ4n) is 1.92. The number of nitrogens with one attached hydrogen (secondary N) is 1. The maximum atomic E-state index is 12.5. The minimum Gasteiger partial charge on any atom is -0.497 e. The summed E-state index contributed by atoms with van der Waals surface area (Å²) in [7, 11) is 3.15. The normalized spacial score (nSPS) is 12.3. The summed E-state index contributed by atoms with van der Waals surface area (Å²) in [4.78, 5) is 12.5. The fourth-order valence-corrected chi connectivity index (χ4v) is 1.92. The first-order valence-electron chi connectivity index (χ1n) is 6.99. The first kappa shape index (κ1) is 16.5. The summed E-state index contributed by atoms with van der Waals surface area (Å²) in [5, 5.41) is 3.26. The van der Waals surface area contributed by atoms with Crippen LogP contribution in [0.15, 0.2) is 18.2 Å². The first-order chi connectivity index (χ1) is 9.49. The standard InChI is InChI=1S/C16H25NO3/c1-11(2)8-9-17-12(3)16(18)14-10-13(19-4)6-7-15(14)20-5/h6-7,10-12,17H,8-9H2,1-5H3. The van der Waals surface area contributed by atoms with Gasteiger partial charge >= 0.3 is 0 Å². The van der Waals surface area contributed by atoms with E-state index in [0.717, 1.165) is 13.0 Å². The zero-order chi connectivity index (χ0) is 15.1. The van der Waals surface area contributed by atoms with Crippen LogP contribution in [0.2, 0.25) is 0 Å². The molecule has 1 unspecified atom stereocenters. The Kier molecular flexibility index (Phi) is 6.52. The summed E-state index contributed by atoms with van der Waals surface area (Å²) in [6, 6.07) is 5.02. The fraction of sp³-hybridized carbons (Fsp3) is 0.562. The van der Waals surface area contributed by atoms with Gasteiger partial charge in [0.25, 0.3) is 0 Å². The Hall–Kier alpha value is -1.55. The van der Waals surface area contributed by atoms with Crippen LogP contribution in [-0.4, -0.2) is 32.6 Å². The molecule has 1 aromatic carbocycles. The maximum Gasteiger partial charge on any atom is 0.183 e. The lowest BCUT2D eigenvalue weighted by molar-refractivity contribution is 0.0947. The van der Waals surface area contributed by atoms with Crippen molar-refractivity contribution in [1.29, 1.82) is 0 Å². The minimum absolute atomic E-state index is 0.0181. The number of Topliss-reactive ketones (excluding diaryl/α,β-unsaturated/α-hetero) is 1. The predicted molar refractivity (Wildman–Crippen MR) is 80.8 cm³/mol. The largest absolute Gasteiger partial charge is 0.497 e. The molecule has 0 bridgehead atoms. The van der Waals surface area contributed by atoms with Crippen molar-refractivity contribution in [3.8, 4) is 11.5 Å². The number of carbonyl (C=O) groups is 1. The molecule has 0 saturated carbocycles. The van der Waals surface area contributed by atoms with Gasteiger partial charge in [-0.25, -0.2) is 0 Å². The molecule has 0 amide bonds. The van der Waals surface area contributed by atoms with Gasteiger partial charge in [0.2, 0.25) is 0 Å². The van der Waals surface area contributed by atoms with Gasteiger partial charge in [-0.2, -0.15) is 0 Å². The molecule has 1 rings (SSSR count). The Bertz CT molecular complexity index is 443. The molecule has 0 aromatic heterocycles. The van der Waals surface area contributed by atoms with E-state index < -0.39 is 0 Å². The molecule has 0 radical (unpaired) electrons. The van der Waals surface area contributed by atoms with Gasteiger partial charge in [0.15, 0.2) is 5.78 Å². The highest BCUT2D eigenvalue weighted by Gasteiger charge is 2.19. The molecule has 4 heteroatoms. The van der Waals surface area contributed by atoms with E-state index >= 15 is 0 Å². The molecular weight excluding hydrogens is 254 g/mol. The van der Waals surface area contributed by atoms with Gasteiger partial charge in [0, 0.05) is 0 Å². The van der Waals surface area contributed by atoms with Crippen LogP contribution < -0.4 is 14.8 Å². The van der Waals surface area contributed by atoms with Gasteiger partial charge in [-0.15, -0.1) is 0 Å². The van der Waals surface area contributed by atoms with E-state index in [-0.39, 0.29) is 11.8 Å². The zero-order valence-electron chi connectivity index (χ0n) is 13.0. The molecule has 0 heterocycles. The molecular formula is C16H25NO3. The first-order valence-corrected chi connectivity index (χ1v) is 6.99. The third-order valence-corrected chi connectivity index (χ3v) is 3.24. The molecule has 0 aliphatic heterocycles. The lowest BCUT2D eigenvalue weighted by atomic mass is 10.0. The van der Waals surface area contributed by atoms with Crippen LogP contribution in [0.3, 0.4) is 0 Å². The molecule has 4 nitrogen and oxygen atoms in total. The second-order valence-electron chi connectivity index (χ2n) is 5.29. The second kappa shape index (κ2) is 7.90. The number of rotatable bonds is 8. The Morgan fingerprint density at radius 3 is 2.45 bits per heavy atom. The molecule has 0 aliphatic rings. The Morgan fingerprint density at radius 2 is 1.90 bits per heavy atom. The Labute approximate surface area is 121 Å². The van der Waals surface area contributed by atoms with Crippen LogP contribution in [-0.2, 0) is 0 Å². The zero-order valence-corrected chi connectivity index (χ0v) is 13.0. The highest BCUT2D eigenvalue weighted by atomic mass is 16.5. The Morgan fingerprint density at radius 1 is 1.20 bits per heavy atom. The van der Waals surface area contributed by atoms with E-state index in [0.29, 0.717) is 23.0 Å². The van der Waals surface area contributed by atoms with Gasteiger partial charge in [-0.05, 0) is 44.0 Å². The summed E-state index contributed by atoms with van der Waals surface area (Å²) in [5.74, 6) is 1.87. The van der Waals surface area contributed by atoms with Crippen molar-refractivity contribution in [1.82, 2.24) is 5.32 Å².